The zero-order valence-electron chi connectivity index (χ0n) is 13.8. The first kappa shape index (κ1) is 14.9. The fraction of sp³-hybridized carbons (Fsp3) is 0.667. The number of hydrogen-bond acceptors (Lipinski definition) is 4. The Morgan fingerprint density at radius 3 is 2.91 bits per heavy atom. The summed E-state index contributed by atoms with van der Waals surface area (Å²) in [4.78, 5) is 21.9. The fourth-order valence-electron chi connectivity index (χ4n) is 3.56. The minimum atomic E-state index is -0.230. The molecular weight excluding hydrogens is 290 g/mol. The van der Waals surface area contributed by atoms with E-state index in [0.717, 1.165) is 56.5 Å². The molecule has 1 aliphatic carbocycles. The molecule has 124 valence electrons. The van der Waals surface area contributed by atoms with E-state index in [2.05, 4.69) is 11.0 Å². The highest BCUT2D eigenvalue weighted by atomic mass is 16.5. The molecule has 2 aliphatic heterocycles. The van der Waals surface area contributed by atoms with Gasteiger partial charge in [0.25, 0.3) is 5.91 Å². The third-order valence-corrected chi connectivity index (χ3v) is 5.09. The number of pyridine rings is 1. The van der Waals surface area contributed by atoms with Crippen molar-refractivity contribution in [3.8, 4) is 0 Å². The molecule has 1 atom stereocenters. The lowest BCUT2D eigenvalue weighted by Crippen LogP contribution is -2.41. The number of carbonyl (C=O) groups is 1. The molecule has 5 nitrogen and oxygen atoms in total. The summed E-state index contributed by atoms with van der Waals surface area (Å²) in [5.41, 5.74) is 2.21. The number of carbonyl (C=O) groups excluding carboxylic acids is 1. The number of aryl methyl sites for hydroxylation is 1. The predicted molar refractivity (Wildman–Crippen MR) is 88.3 cm³/mol. The molecule has 1 aromatic heterocycles. The van der Waals surface area contributed by atoms with Gasteiger partial charge >= 0.3 is 0 Å². The molecule has 1 saturated carbocycles. The van der Waals surface area contributed by atoms with Gasteiger partial charge in [-0.2, -0.15) is 0 Å². The normalized spacial score (nSPS) is 24.5. The lowest BCUT2D eigenvalue weighted by Gasteiger charge is -2.25. The molecule has 1 amide bonds. The topological polar surface area (TPSA) is 45.7 Å². The minimum Gasteiger partial charge on any atom is -0.368 e. The van der Waals surface area contributed by atoms with Gasteiger partial charge in [-0.3, -0.25) is 4.79 Å². The second-order valence-corrected chi connectivity index (χ2v) is 7.09. The summed E-state index contributed by atoms with van der Waals surface area (Å²) in [7, 11) is 0. The number of amides is 1. The van der Waals surface area contributed by atoms with E-state index in [1.165, 1.54) is 18.4 Å². The van der Waals surface area contributed by atoms with Gasteiger partial charge in [-0.05, 0) is 44.6 Å². The van der Waals surface area contributed by atoms with Gasteiger partial charge in [-0.15, -0.1) is 0 Å². The Kier molecular flexibility index (Phi) is 3.97. The summed E-state index contributed by atoms with van der Waals surface area (Å²) in [5.74, 6) is 2.05. The molecule has 3 aliphatic rings. The van der Waals surface area contributed by atoms with Crippen molar-refractivity contribution in [1.82, 2.24) is 9.88 Å². The Morgan fingerprint density at radius 1 is 1.30 bits per heavy atom. The largest absolute Gasteiger partial charge is 0.368 e. The monoisotopic (exact) mass is 315 g/mol. The van der Waals surface area contributed by atoms with Crippen molar-refractivity contribution in [2.75, 3.05) is 31.1 Å². The highest BCUT2D eigenvalue weighted by Gasteiger charge is 2.33. The molecule has 0 radical (unpaired) electrons. The lowest BCUT2D eigenvalue weighted by atomic mass is 10.2. The molecule has 3 heterocycles. The van der Waals surface area contributed by atoms with Crippen molar-refractivity contribution in [2.24, 2.45) is 5.92 Å². The number of anilines is 1. The number of nitrogens with zero attached hydrogens (tertiary/aromatic N) is 3. The van der Waals surface area contributed by atoms with Crippen LogP contribution in [0.25, 0.3) is 0 Å². The van der Waals surface area contributed by atoms with Crippen LogP contribution in [0.15, 0.2) is 12.1 Å². The number of ether oxygens (including phenoxy) is 1. The van der Waals surface area contributed by atoms with E-state index in [9.17, 15) is 4.79 Å². The fourth-order valence-corrected chi connectivity index (χ4v) is 3.56. The number of aromatic nitrogens is 1. The van der Waals surface area contributed by atoms with Crippen LogP contribution in [0.2, 0.25) is 0 Å². The van der Waals surface area contributed by atoms with Crippen molar-refractivity contribution < 1.29 is 9.53 Å². The van der Waals surface area contributed by atoms with Gasteiger partial charge < -0.3 is 14.5 Å². The maximum Gasteiger partial charge on any atom is 0.252 e. The predicted octanol–water partition coefficient (Wildman–Crippen LogP) is 2.13. The Hall–Kier alpha value is -1.62. The van der Waals surface area contributed by atoms with Gasteiger partial charge in [0, 0.05) is 44.0 Å². The molecule has 0 unspecified atom stereocenters. The second-order valence-electron chi connectivity index (χ2n) is 7.09. The van der Waals surface area contributed by atoms with E-state index in [1.807, 2.05) is 17.9 Å². The SMILES string of the molecule is Cc1ccc2c(n1)N(CC1CC1)CCN(C(=O)[C@H]1CCCO1)C2. The summed E-state index contributed by atoms with van der Waals surface area (Å²) in [6.07, 6.45) is 4.29. The van der Waals surface area contributed by atoms with Crippen molar-refractivity contribution in [3.63, 3.8) is 0 Å². The zero-order valence-corrected chi connectivity index (χ0v) is 13.8. The van der Waals surface area contributed by atoms with E-state index < -0.39 is 0 Å². The zero-order chi connectivity index (χ0) is 15.8. The molecule has 1 aromatic rings. The van der Waals surface area contributed by atoms with Gasteiger partial charge in [-0.25, -0.2) is 4.98 Å². The average molecular weight is 315 g/mol. The summed E-state index contributed by atoms with van der Waals surface area (Å²) in [6.45, 7) is 6.12. The highest BCUT2D eigenvalue weighted by Crippen LogP contribution is 2.33. The Morgan fingerprint density at radius 2 is 2.17 bits per heavy atom. The van der Waals surface area contributed by atoms with Crippen LogP contribution >= 0.6 is 0 Å². The van der Waals surface area contributed by atoms with Crippen molar-refractivity contribution in [2.45, 2.75) is 45.3 Å². The third kappa shape index (κ3) is 3.20. The highest BCUT2D eigenvalue weighted by molar-refractivity contribution is 5.81. The average Bonchev–Trinajstić information content (AvgIpc) is 3.24. The van der Waals surface area contributed by atoms with Gasteiger partial charge in [0.2, 0.25) is 0 Å². The van der Waals surface area contributed by atoms with Crippen molar-refractivity contribution >= 4 is 11.7 Å². The molecule has 23 heavy (non-hydrogen) atoms. The Balaban J connectivity index is 1.57. The van der Waals surface area contributed by atoms with Gasteiger partial charge in [0.15, 0.2) is 0 Å². The van der Waals surface area contributed by atoms with Gasteiger partial charge in [0.1, 0.15) is 11.9 Å². The Bertz CT molecular complexity index is 594. The molecule has 5 heteroatoms. The van der Waals surface area contributed by atoms with E-state index in [4.69, 9.17) is 9.72 Å². The molecule has 2 fully saturated rings. The summed E-state index contributed by atoms with van der Waals surface area (Å²) < 4.78 is 5.60. The van der Waals surface area contributed by atoms with E-state index in [1.54, 1.807) is 0 Å². The summed E-state index contributed by atoms with van der Waals surface area (Å²) in [5, 5.41) is 0. The first-order valence-corrected chi connectivity index (χ1v) is 8.82. The molecule has 0 N–H and O–H groups in total. The number of rotatable bonds is 3. The molecule has 0 aromatic carbocycles. The van der Waals surface area contributed by atoms with Crippen LogP contribution in [-0.2, 0) is 16.1 Å². The second kappa shape index (κ2) is 6.11. The lowest BCUT2D eigenvalue weighted by molar-refractivity contribution is -0.141. The first-order chi connectivity index (χ1) is 11.2. The maximum absolute atomic E-state index is 12.7. The smallest absolute Gasteiger partial charge is 0.252 e. The standard InChI is InChI=1S/C18H25N3O2/c1-13-4-7-15-12-21(18(22)16-3-2-10-23-16)9-8-20(17(15)19-13)11-14-5-6-14/h4,7,14,16H,2-3,5-6,8-12H2,1H3/t16-/m1/s1. The van der Waals surface area contributed by atoms with Crippen molar-refractivity contribution in [1.29, 1.82) is 0 Å². The minimum absolute atomic E-state index is 0.155. The van der Waals surface area contributed by atoms with Crippen molar-refractivity contribution in [3.05, 3.63) is 23.4 Å². The van der Waals surface area contributed by atoms with Crippen LogP contribution in [0.3, 0.4) is 0 Å². The quantitative estimate of drug-likeness (QED) is 0.857. The number of hydrogen-bond donors (Lipinski definition) is 0. The van der Waals surface area contributed by atoms with Crippen LogP contribution in [0.4, 0.5) is 5.82 Å². The molecule has 4 rings (SSSR count). The molecular formula is C18H25N3O2. The van der Waals surface area contributed by atoms with E-state index >= 15 is 0 Å². The van der Waals surface area contributed by atoms with Crippen LogP contribution in [0.5, 0.6) is 0 Å². The summed E-state index contributed by atoms with van der Waals surface area (Å²) in [6, 6.07) is 4.19. The van der Waals surface area contributed by atoms with Gasteiger partial charge in [0.05, 0.1) is 0 Å². The maximum atomic E-state index is 12.7. The van der Waals surface area contributed by atoms with Crippen LogP contribution in [0.1, 0.15) is 36.9 Å². The Labute approximate surface area is 137 Å². The van der Waals surface area contributed by atoms with Crippen LogP contribution in [0, 0.1) is 12.8 Å². The van der Waals surface area contributed by atoms with E-state index in [0.29, 0.717) is 6.54 Å². The first-order valence-electron chi connectivity index (χ1n) is 8.82. The molecule has 0 spiro atoms. The number of fused-ring (bicyclic) bond motifs is 1. The molecule has 1 saturated heterocycles. The van der Waals surface area contributed by atoms with E-state index in [-0.39, 0.29) is 12.0 Å². The van der Waals surface area contributed by atoms with Crippen LogP contribution in [-0.4, -0.2) is 48.1 Å². The summed E-state index contributed by atoms with van der Waals surface area (Å²) >= 11 is 0. The van der Waals surface area contributed by atoms with Crippen LogP contribution < -0.4 is 4.90 Å². The third-order valence-electron chi connectivity index (χ3n) is 5.09. The van der Waals surface area contributed by atoms with Gasteiger partial charge in [-0.1, -0.05) is 6.07 Å². The molecule has 0 bridgehead atoms.